The summed E-state index contributed by atoms with van der Waals surface area (Å²) in [5, 5.41) is 15.1. The number of nitrogens with zero attached hydrogens (tertiary/aromatic N) is 2. The summed E-state index contributed by atoms with van der Waals surface area (Å²) in [5.41, 5.74) is 0.954. The third kappa shape index (κ3) is 2.75. The molecule has 146 valence electrons. The quantitative estimate of drug-likeness (QED) is 0.470. The van der Waals surface area contributed by atoms with Crippen molar-refractivity contribution in [2.24, 2.45) is 5.92 Å². The number of rotatable bonds is 4. The second kappa shape index (κ2) is 6.63. The van der Waals surface area contributed by atoms with Crippen LogP contribution in [0.1, 0.15) is 32.4 Å². The summed E-state index contributed by atoms with van der Waals surface area (Å²) in [7, 11) is 0. The van der Waals surface area contributed by atoms with Crippen LogP contribution in [0.25, 0.3) is 0 Å². The van der Waals surface area contributed by atoms with Crippen molar-refractivity contribution in [1.82, 2.24) is 5.32 Å². The van der Waals surface area contributed by atoms with Gasteiger partial charge >= 0.3 is 0 Å². The third-order valence-electron chi connectivity index (χ3n) is 5.53. The Kier molecular flexibility index (Phi) is 4.38. The first-order chi connectivity index (χ1) is 13.3. The van der Waals surface area contributed by atoms with Gasteiger partial charge in [0.25, 0.3) is 5.69 Å². The van der Waals surface area contributed by atoms with Gasteiger partial charge in [-0.15, -0.1) is 0 Å². The Morgan fingerprint density at radius 1 is 1.32 bits per heavy atom. The van der Waals surface area contributed by atoms with Gasteiger partial charge in [0.1, 0.15) is 11.5 Å². The molecular formula is C20H21N3O4S. The molecule has 0 saturated carbocycles. The van der Waals surface area contributed by atoms with E-state index in [-0.39, 0.29) is 17.6 Å². The monoisotopic (exact) mass is 399 g/mol. The lowest BCUT2D eigenvalue weighted by atomic mass is 9.80. The zero-order valence-corrected chi connectivity index (χ0v) is 16.7. The number of non-ortho nitro benzene ring substituents is 1. The first-order valence-corrected chi connectivity index (χ1v) is 9.57. The first-order valence-electron chi connectivity index (χ1n) is 9.16. The highest BCUT2D eigenvalue weighted by Gasteiger charge is 2.54. The van der Waals surface area contributed by atoms with Crippen LogP contribution in [-0.2, 0) is 0 Å². The molecule has 4 rings (SSSR count). The molecule has 2 aromatic rings. The Bertz CT molecular complexity index is 949. The van der Waals surface area contributed by atoms with Gasteiger partial charge in [0.05, 0.1) is 17.6 Å². The lowest BCUT2D eigenvalue weighted by molar-refractivity contribution is -0.385. The maximum Gasteiger partial charge on any atom is 0.270 e. The van der Waals surface area contributed by atoms with E-state index in [9.17, 15) is 10.1 Å². The van der Waals surface area contributed by atoms with Gasteiger partial charge < -0.3 is 14.8 Å². The highest BCUT2D eigenvalue weighted by atomic mass is 32.1. The van der Waals surface area contributed by atoms with Crippen molar-refractivity contribution in [2.45, 2.75) is 32.5 Å². The highest BCUT2D eigenvalue weighted by molar-refractivity contribution is 7.80. The number of nitro groups is 1. The molecule has 2 aliphatic rings. The molecule has 1 N–H and O–H groups in total. The summed E-state index contributed by atoms with van der Waals surface area (Å²) in [4.78, 5) is 12.7. The average Bonchev–Trinajstić information content (AvgIpc) is 2.66. The number of fused-ring (bicyclic) bond motifs is 4. The molecule has 0 aliphatic carbocycles. The minimum atomic E-state index is -0.733. The highest BCUT2D eigenvalue weighted by Crippen LogP contribution is 2.49. The van der Waals surface area contributed by atoms with E-state index in [0.717, 1.165) is 17.0 Å². The standard InChI is InChI=1S/C20H21N3O4S/c1-4-26-15-8-5-13(6-9-15)22-19(28)21-18-12(2)20(22,3)27-17-10-7-14(23(24)25)11-16(17)18/h5-12,18H,4H2,1-3H3,(H,21,28)/t12-,18-,20+/m1/s1. The fraction of sp³-hybridized carbons (Fsp3) is 0.350. The van der Waals surface area contributed by atoms with E-state index in [1.165, 1.54) is 6.07 Å². The molecule has 0 unspecified atom stereocenters. The van der Waals surface area contributed by atoms with Crippen molar-refractivity contribution in [3.05, 3.63) is 58.1 Å². The number of benzene rings is 2. The molecule has 3 atom stereocenters. The summed E-state index contributed by atoms with van der Waals surface area (Å²) < 4.78 is 11.9. The van der Waals surface area contributed by atoms with Crippen LogP contribution in [0.15, 0.2) is 42.5 Å². The van der Waals surface area contributed by atoms with Crippen molar-refractivity contribution in [3.8, 4) is 11.5 Å². The SMILES string of the molecule is CCOc1ccc(N2C(=S)N[C@H]3c4cc([N+](=O)[O-])ccc4O[C@@]2(C)[C@@H]3C)cc1. The smallest absolute Gasteiger partial charge is 0.270 e. The van der Waals surface area contributed by atoms with Gasteiger partial charge in [-0.1, -0.05) is 6.92 Å². The molecule has 2 heterocycles. The lowest BCUT2D eigenvalue weighted by Gasteiger charge is -2.56. The van der Waals surface area contributed by atoms with Crippen LogP contribution in [-0.4, -0.2) is 22.4 Å². The van der Waals surface area contributed by atoms with E-state index in [2.05, 4.69) is 12.2 Å². The zero-order valence-electron chi connectivity index (χ0n) is 15.8. The molecule has 1 fully saturated rings. The molecule has 2 bridgehead atoms. The van der Waals surface area contributed by atoms with Crippen LogP contribution in [0.2, 0.25) is 0 Å². The van der Waals surface area contributed by atoms with Crippen molar-refractivity contribution in [2.75, 3.05) is 11.5 Å². The zero-order chi connectivity index (χ0) is 20.1. The van der Waals surface area contributed by atoms with Crippen LogP contribution >= 0.6 is 12.2 Å². The Labute approximate surface area is 168 Å². The number of ether oxygens (including phenoxy) is 2. The molecule has 0 spiro atoms. The molecule has 0 aromatic heterocycles. The average molecular weight is 399 g/mol. The van der Waals surface area contributed by atoms with E-state index in [4.69, 9.17) is 21.7 Å². The fourth-order valence-electron chi connectivity index (χ4n) is 3.96. The maximum absolute atomic E-state index is 11.2. The van der Waals surface area contributed by atoms with Gasteiger partial charge in [0.2, 0.25) is 0 Å². The summed E-state index contributed by atoms with van der Waals surface area (Å²) in [6, 6.07) is 12.2. The molecule has 2 aromatic carbocycles. The largest absolute Gasteiger partial charge is 0.494 e. The van der Waals surface area contributed by atoms with Crippen LogP contribution in [0.4, 0.5) is 11.4 Å². The van der Waals surface area contributed by atoms with Crippen LogP contribution in [0.5, 0.6) is 11.5 Å². The van der Waals surface area contributed by atoms with Gasteiger partial charge in [0.15, 0.2) is 10.8 Å². The maximum atomic E-state index is 11.2. The molecule has 28 heavy (non-hydrogen) atoms. The van der Waals surface area contributed by atoms with Crippen molar-refractivity contribution >= 4 is 28.7 Å². The van der Waals surface area contributed by atoms with E-state index >= 15 is 0 Å². The number of nitrogens with one attached hydrogen (secondary N) is 1. The second-order valence-corrected chi connectivity index (χ2v) is 7.50. The predicted molar refractivity (Wildman–Crippen MR) is 110 cm³/mol. The van der Waals surface area contributed by atoms with Gasteiger partial charge in [-0.2, -0.15) is 0 Å². The topological polar surface area (TPSA) is 76.9 Å². The van der Waals surface area contributed by atoms with Crippen molar-refractivity contribution in [1.29, 1.82) is 0 Å². The van der Waals surface area contributed by atoms with E-state index in [1.54, 1.807) is 12.1 Å². The van der Waals surface area contributed by atoms with Crippen LogP contribution in [0.3, 0.4) is 0 Å². The Balaban J connectivity index is 1.75. The molecule has 0 radical (unpaired) electrons. The van der Waals surface area contributed by atoms with Gasteiger partial charge in [0, 0.05) is 29.3 Å². The molecule has 1 saturated heterocycles. The lowest BCUT2D eigenvalue weighted by Crippen LogP contribution is -2.69. The molecule has 0 amide bonds. The predicted octanol–water partition coefficient (Wildman–Crippen LogP) is 4.17. The molecule has 8 heteroatoms. The van der Waals surface area contributed by atoms with E-state index in [1.807, 2.05) is 43.0 Å². The first kappa shape index (κ1) is 18.5. The summed E-state index contributed by atoms with van der Waals surface area (Å²) >= 11 is 5.66. The van der Waals surface area contributed by atoms with E-state index in [0.29, 0.717) is 17.5 Å². The molecular weight excluding hydrogens is 378 g/mol. The molecule has 7 nitrogen and oxygen atoms in total. The minimum Gasteiger partial charge on any atom is -0.494 e. The van der Waals surface area contributed by atoms with Gasteiger partial charge in [-0.3, -0.25) is 15.0 Å². The van der Waals surface area contributed by atoms with Crippen molar-refractivity contribution < 1.29 is 14.4 Å². The number of thiocarbonyl (C=S) groups is 1. The van der Waals surface area contributed by atoms with Gasteiger partial charge in [-0.25, -0.2) is 0 Å². The van der Waals surface area contributed by atoms with Crippen molar-refractivity contribution in [3.63, 3.8) is 0 Å². The summed E-state index contributed by atoms with van der Waals surface area (Å²) in [5.74, 6) is 1.41. The van der Waals surface area contributed by atoms with Gasteiger partial charge in [-0.05, 0) is 56.4 Å². The number of nitro benzene ring substituents is 1. The molecule has 2 aliphatic heterocycles. The third-order valence-corrected chi connectivity index (χ3v) is 5.83. The van der Waals surface area contributed by atoms with E-state index < -0.39 is 10.6 Å². The number of anilines is 1. The Morgan fingerprint density at radius 3 is 2.68 bits per heavy atom. The normalized spacial score (nSPS) is 25.4. The van der Waals surface area contributed by atoms with Crippen LogP contribution in [0, 0.1) is 16.0 Å². The minimum absolute atomic E-state index is 0.0136. The summed E-state index contributed by atoms with van der Waals surface area (Å²) in [6.07, 6.45) is 0. The number of hydrogen-bond acceptors (Lipinski definition) is 5. The Morgan fingerprint density at radius 2 is 2.04 bits per heavy atom. The fourth-order valence-corrected chi connectivity index (χ4v) is 4.38. The van der Waals surface area contributed by atoms with Crippen LogP contribution < -0.4 is 19.7 Å². The second-order valence-electron chi connectivity index (χ2n) is 7.11. The summed E-state index contributed by atoms with van der Waals surface area (Å²) in [6.45, 7) is 6.60. The number of hydrogen-bond donors (Lipinski definition) is 1. The Hall–Kier alpha value is -2.87.